The van der Waals surface area contributed by atoms with Crippen molar-refractivity contribution in [2.45, 2.75) is 6.54 Å². The number of amides is 2. The first kappa shape index (κ1) is 16.4. The Morgan fingerprint density at radius 2 is 1.81 bits per heavy atom. The van der Waals surface area contributed by atoms with E-state index in [1.165, 1.54) is 12.1 Å². The predicted molar refractivity (Wildman–Crippen MR) is 90.2 cm³/mol. The van der Waals surface area contributed by atoms with Crippen molar-refractivity contribution in [3.63, 3.8) is 0 Å². The van der Waals surface area contributed by atoms with Crippen LogP contribution >= 0.6 is 0 Å². The third kappa shape index (κ3) is 3.20. The number of hydrogen-bond donors (Lipinski definition) is 1. The molecule has 0 spiro atoms. The summed E-state index contributed by atoms with van der Waals surface area (Å²) in [6.07, 6.45) is 0. The fourth-order valence-corrected chi connectivity index (χ4v) is 2.96. The summed E-state index contributed by atoms with van der Waals surface area (Å²) in [5, 5.41) is 2.82. The summed E-state index contributed by atoms with van der Waals surface area (Å²) < 4.78 is 23.4. The number of rotatable bonds is 4. The average molecular weight is 356 g/mol. The van der Waals surface area contributed by atoms with Gasteiger partial charge in [-0.1, -0.05) is 12.1 Å². The van der Waals surface area contributed by atoms with Crippen LogP contribution in [0.2, 0.25) is 0 Å². The quantitative estimate of drug-likeness (QED) is 0.909. The molecule has 0 aliphatic carbocycles. The number of nitrogens with one attached hydrogen (secondary N) is 1. The van der Waals surface area contributed by atoms with E-state index in [1.807, 2.05) is 0 Å². The topological polar surface area (TPSA) is 67.9 Å². The summed E-state index contributed by atoms with van der Waals surface area (Å²) in [5.74, 6) is 0.410. The molecule has 2 aromatic rings. The highest BCUT2D eigenvalue weighted by Gasteiger charge is 2.36. The van der Waals surface area contributed by atoms with Gasteiger partial charge in [0, 0.05) is 25.2 Å². The molecule has 1 N–H and O–H groups in total. The normalized spacial score (nSPS) is 15.5. The monoisotopic (exact) mass is 356 g/mol. The van der Waals surface area contributed by atoms with Crippen LogP contribution in [-0.4, -0.2) is 36.6 Å². The van der Waals surface area contributed by atoms with Crippen LogP contribution < -0.4 is 14.8 Å². The number of nitrogens with zero attached hydrogens (tertiary/aromatic N) is 1. The number of fused-ring (bicyclic) bond motifs is 1. The Kier molecular flexibility index (Phi) is 4.20. The van der Waals surface area contributed by atoms with Crippen LogP contribution in [0.15, 0.2) is 42.5 Å². The lowest BCUT2D eigenvalue weighted by Gasteiger charge is -2.38. The second-order valence-corrected chi connectivity index (χ2v) is 6.32. The van der Waals surface area contributed by atoms with Gasteiger partial charge in [-0.15, -0.1) is 0 Å². The molecule has 0 saturated carbocycles. The molecule has 6 nitrogen and oxygen atoms in total. The molecule has 0 unspecified atom stereocenters. The third-order valence-electron chi connectivity index (χ3n) is 4.54. The number of ether oxygens (including phenoxy) is 2. The van der Waals surface area contributed by atoms with Crippen molar-refractivity contribution in [2.75, 3.05) is 19.9 Å². The minimum Gasteiger partial charge on any atom is -0.454 e. The minimum atomic E-state index is -0.309. The summed E-state index contributed by atoms with van der Waals surface area (Å²) in [6.45, 7) is 1.25. The third-order valence-corrected chi connectivity index (χ3v) is 4.54. The Morgan fingerprint density at radius 3 is 2.58 bits per heavy atom. The van der Waals surface area contributed by atoms with Gasteiger partial charge in [-0.3, -0.25) is 9.59 Å². The molecule has 134 valence electrons. The van der Waals surface area contributed by atoms with E-state index in [2.05, 4.69) is 5.32 Å². The van der Waals surface area contributed by atoms with Gasteiger partial charge in [-0.2, -0.15) is 0 Å². The fraction of sp³-hybridized carbons (Fsp3) is 0.263. The van der Waals surface area contributed by atoms with Crippen molar-refractivity contribution in [2.24, 2.45) is 5.92 Å². The lowest BCUT2D eigenvalue weighted by molar-refractivity contribution is -0.129. The van der Waals surface area contributed by atoms with Crippen molar-refractivity contribution >= 4 is 11.8 Å². The van der Waals surface area contributed by atoms with Gasteiger partial charge in [0.25, 0.3) is 5.91 Å². The molecule has 2 aliphatic rings. The van der Waals surface area contributed by atoms with Crippen molar-refractivity contribution in [1.82, 2.24) is 10.2 Å². The van der Waals surface area contributed by atoms with Crippen molar-refractivity contribution in [3.05, 3.63) is 59.4 Å². The van der Waals surface area contributed by atoms with Gasteiger partial charge < -0.3 is 19.7 Å². The number of benzene rings is 2. The van der Waals surface area contributed by atoms with E-state index in [-0.39, 0.29) is 30.3 Å². The maximum Gasteiger partial charge on any atom is 0.254 e. The van der Waals surface area contributed by atoms with Gasteiger partial charge in [-0.05, 0) is 35.9 Å². The molecule has 1 fully saturated rings. The van der Waals surface area contributed by atoms with Gasteiger partial charge in [0.15, 0.2) is 11.5 Å². The number of hydrogen-bond acceptors (Lipinski definition) is 4. The number of likely N-dealkylation sites (tertiary alicyclic amines) is 1. The molecule has 0 radical (unpaired) electrons. The van der Waals surface area contributed by atoms with Crippen molar-refractivity contribution < 1.29 is 23.5 Å². The van der Waals surface area contributed by atoms with Crippen LogP contribution in [0.3, 0.4) is 0 Å². The van der Waals surface area contributed by atoms with Gasteiger partial charge in [0.05, 0.1) is 5.92 Å². The van der Waals surface area contributed by atoms with Crippen LogP contribution in [0.1, 0.15) is 15.9 Å². The Labute approximate surface area is 149 Å². The van der Waals surface area contributed by atoms with Gasteiger partial charge in [0.2, 0.25) is 12.7 Å². The summed E-state index contributed by atoms with van der Waals surface area (Å²) in [5.41, 5.74) is 1.34. The van der Waals surface area contributed by atoms with Gasteiger partial charge >= 0.3 is 0 Å². The average Bonchev–Trinajstić information content (AvgIpc) is 3.07. The highest BCUT2D eigenvalue weighted by atomic mass is 19.1. The summed E-state index contributed by atoms with van der Waals surface area (Å²) in [4.78, 5) is 26.3. The molecule has 0 bridgehead atoms. The minimum absolute atomic E-state index is 0.107. The summed E-state index contributed by atoms with van der Waals surface area (Å²) >= 11 is 0. The van der Waals surface area contributed by atoms with E-state index in [9.17, 15) is 14.0 Å². The molecular weight excluding hydrogens is 339 g/mol. The molecule has 2 aromatic carbocycles. The zero-order valence-corrected chi connectivity index (χ0v) is 13.9. The maximum atomic E-state index is 12.9. The Hall–Kier alpha value is -3.09. The molecule has 2 aliphatic heterocycles. The summed E-state index contributed by atoms with van der Waals surface area (Å²) in [6, 6.07) is 11.0. The van der Waals surface area contributed by atoms with Crippen LogP contribution in [0, 0.1) is 11.7 Å². The highest BCUT2D eigenvalue weighted by molar-refractivity contribution is 5.96. The van der Waals surface area contributed by atoms with Crippen molar-refractivity contribution in [3.8, 4) is 11.5 Å². The first-order valence-electron chi connectivity index (χ1n) is 8.31. The second-order valence-electron chi connectivity index (χ2n) is 6.32. The zero-order chi connectivity index (χ0) is 18.1. The number of carbonyl (C=O) groups excluding carboxylic acids is 2. The fourth-order valence-electron chi connectivity index (χ4n) is 2.96. The van der Waals surface area contributed by atoms with E-state index in [0.717, 1.165) is 5.56 Å². The molecule has 2 heterocycles. The molecule has 1 saturated heterocycles. The van der Waals surface area contributed by atoms with Gasteiger partial charge in [0.1, 0.15) is 5.82 Å². The highest BCUT2D eigenvalue weighted by Crippen LogP contribution is 2.33. The maximum absolute atomic E-state index is 12.9. The molecular formula is C19H17FN2O4. The van der Waals surface area contributed by atoms with E-state index in [1.54, 1.807) is 35.2 Å². The van der Waals surface area contributed by atoms with Crippen LogP contribution in [-0.2, 0) is 11.3 Å². The van der Waals surface area contributed by atoms with Crippen molar-refractivity contribution in [1.29, 1.82) is 0 Å². The second kappa shape index (κ2) is 6.67. The van der Waals surface area contributed by atoms with Crippen LogP contribution in [0.4, 0.5) is 4.39 Å². The molecule has 2 amide bonds. The molecule has 0 aromatic heterocycles. The Morgan fingerprint density at radius 1 is 1.08 bits per heavy atom. The number of halogens is 1. The molecule has 0 atom stereocenters. The standard InChI is InChI=1S/C19H17FN2O4/c20-15-4-1-12(2-5-15)8-21-18(23)14-9-22(10-14)19(24)13-3-6-16-17(7-13)26-11-25-16/h1-7,14H,8-11H2,(H,21,23). The lowest BCUT2D eigenvalue weighted by Crippen LogP contribution is -2.55. The summed E-state index contributed by atoms with van der Waals surface area (Å²) in [7, 11) is 0. The van der Waals surface area contributed by atoms with E-state index in [4.69, 9.17) is 9.47 Å². The smallest absolute Gasteiger partial charge is 0.254 e. The van der Waals surface area contributed by atoms with Gasteiger partial charge in [-0.25, -0.2) is 4.39 Å². The SMILES string of the molecule is O=C(NCc1ccc(F)cc1)C1CN(C(=O)c2ccc3c(c2)OCO3)C1. The van der Waals surface area contributed by atoms with E-state index >= 15 is 0 Å². The molecule has 7 heteroatoms. The van der Waals surface area contributed by atoms with Crippen LogP contribution in [0.25, 0.3) is 0 Å². The van der Waals surface area contributed by atoms with E-state index in [0.29, 0.717) is 36.7 Å². The van der Waals surface area contributed by atoms with E-state index < -0.39 is 0 Å². The Bertz CT molecular complexity index is 847. The zero-order valence-electron chi connectivity index (χ0n) is 13.9. The lowest BCUT2D eigenvalue weighted by atomic mass is 9.97. The molecule has 4 rings (SSSR count). The Balaban J connectivity index is 1.28. The predicted octanol–water partition coefficient (Wildman–Crippen LogP) is 1.94. The first-order valence-corrected chi connectivity index (χ1v) is 8.31. The first-order chi connectivity index (χ1) is 12.6. The van der Waals surface area contributed by atoms with Crippen LogP contribution in [0.5, 0.6) is 11.5 Å². The number of carbonyl (C=O) groups is 2. The molecule has 26 heavy (non-hydrogen) atoms. The largest absolute Gasteiger partial charge is 0.454 e.